The molecule has 0 bridgehead atoms. The molecule has 0 unspecified atom stereocenters. The van der Waals surface area contributed by atoms with Gasteiger partial charge in [-0.3, -0.25) is 0 Å². The Balaban J connectivity index is 1.52. The third-order valence-corrected chi connectivity index (χ3v) is 5.13. The van der Waals surface area contributed by atoms with Crippen LogP contribution in [0.5, 0.6) is 5.75 Å². The molecule has 4 rings (SSSR count). The Hall–Kier alpha value is -2.14. The molecule has 22 heavy (non-hydrogen) atoms. The van der Waals surface area contributed by atoms with E-state index in [9.17, 15) is 4.79 Å². The first-order valence-corrected chi connectivity index (χ1v) is 8.00. The molecular weight excluding hydrogens is 298 g/mol. The maximum absolute atomic E-state index is 12.0. The summed E-state index contributed by atoms with van der Waals surface area (Å²) in [5.41, 5.74) is 0.883. The van der Waals surface area contributed by atoms with E-state index >= 15 is 0 Å². The zero-order valence-corrected chi connectivity index (χ0v) is 12.8. The highest BCUT2D eigenvalue weighted by Crippen LogP contribution is 2.48. The van der Waals surface area contributed by atoms with E-state index in [1.165, 1.54) is 0 Å². The summed E-state index contributed by atoms with van der Waals surface area (Å²) in [6.07, 6.45) is 0. The van der Waals surface area contributed by atoms with Gasteiger partial charge in [-0.15, -0.1) is 0 Å². The average Bonchev–Trinajstić information content (AvgIpc) is 3.23. The van der Waals surface area contributed by atoms with Crippen molar-refractivity contribution in [1.82, 2.24) is 0 Å². The normalized spacial score (nSPS) is 25.6. The predicted octanol–water partition coefficient (Wildman–Crippen LogP) is 2.93. The van der Waals surface area contributed by atoms with Gasteiger partial charge in [0.1, 0.15) is 11.8 Å². The van der Waals surface area contributed by atoms with Gasteiger partial charge in [0.2, 0.25) is 0 Å². The number of morpholine rings is 1. The first kappa shape index (κ1) is 13.5. The van der Waals surface area contributed by atoms with Crippen LogP contribution in [0.2, 0.25) is 0 Å². The first-order valence-electron chi connectivity index (χ1n) is 7.12. The quantitative estimate of drug-likeness (QED) is 0.641. The molecule has 112 valence electrons. The van der Waals surface area contributed by atoms with Crippen LogP contribution in [-0.4, -0.2) is 30.6 Å². The summed E-state index contributed by atoms with van der Waals surface area (Å²) >= 11 is 1.60. The lowest BCUT2D eigenvalue weighted by molar-refractivity contribution is -0.140. The third-order valence-electron chi connectivity index (χ3n) is 3.97. The van der Waals surface area contributed by atoms with Gasteiger partial charge in [-0.1, -0.05) is 30.0 Å². The van der Waals surface area contributed by atoms with Gasteiger partial charge in [0.05, 0.1) is 7.11 Å². The van der Waals surface area contributed by atoms with E-state index in [2.05, 4.69) is 4.90 Å². The maximum Gasteiger partial charge on any atom is 0.332 e. The molecule has 2 fully saturated rings. The second kappa shape index (κ2) is 5.25. The Morgan fingerprint density at radius 3 is 2.50 bits per heavy atom. The second-order valence-electron chi connectivity index (χ2n) is 5.28. The van der Waals surface area contributed by atoms with Crippen molar-refractivity contribution in [3.8, 4) is 5.75 Å². The Morgan fingerprint density at radius 1 is 1.09 bits per heavy atom. The van der Waals surface area contributed by atoms with Gasteiger partial charge in [0.25, 0.3) is 0 Å². The minimum absolute atomic E-state index is 0.117. The molecule has 2 saturated heterocycles. The predicted molar refractivity (Wildman–Crippen MR) is 85.2 cm³/mol. The molecule has 0 aromatic heterocycles. The van der Waals surface area contributed by atoms with Crippen molar-refractivity contribution in [3.05, 3.63) is 54.6 Å². The number of cyclic esters (lactones) is 1. The van der Waals surface area contributed by atoms with Crippen molar-refractivity contribution in [3.63, 3.8) is 0 Å². The number of thioether (sulfide) groups is 1. The van der Waals surface area contributed by atoms with Crippen molar-refractivity contribution in [2.24, 2.45) is 0 Å². The van der Waals surface area contributed by atoms with Gasteiger partial charge >= 0.3 is 5.97 Å². The molecule has 0 amide bonds. The average molecular weight is 313 g/mol. The number of hydrogen-bond donors (Lipinski definition) is 0. The first-order chi connectivity index (χ1) is 10.8. The highest BCUT2D eigenvalue weighted by Gasteiger charge is 2.64. The SMILES string of the molecule is COc1ccc(N2[C@@H]3[C@H]2C(=O)O[C@H]3Sc2ccccc2)cc1. The van der Waals surface area contributed by atoms with Crippen LogP contribution in [0, 0.1) is 0 Å². The molecule has 2 aliphatic rings. The number of esters is 1. The summed E-state index contributed by atoms with van der Waals surface area (Å²) in [6.45, 7) is 0. The number of anilines is 1. The second-order valence-corrected chi connectivity index (χ2v) is 6.45. The summed E-state index contributed by atoms with van der Waals surface area (Å²) < 4.78 is 10.7. The summed E-state index contributed by atoms with van der Waals surface area (Å²) in [5, 5.41) is 0. The Kier molecular flexibility index (Phi) is 3.22. The van der Waals surface area contributed by atoms with Gasteiger partial charge in [0.15, 0.2) is 11.5 Å². The summed E-state index contributed by atoms with van der Waals surface area (Å²) in [4.78, 5) is 15.3. The molecule has 2 aromatic rings. The van der Waals surface area contributed by atoms with E-state index in [-0.39, 0.29) is 23.5 Å². The van der Waals surface area contributed by atoms with Crippen LogP contribution < -0.4 is 9.64 Å². The van der Waals surface area contributed by atoms with Crippen molar-refractivity contribution >= 4 is 23.4 Å². The zero-order valence-electron chi connectivity index (χ0n) is 12.0. The van der Waals surface area contributed by atoms with Crippen LogP contribution >= 0.6 is 11.8 Å². The molecule has 2 aromatic carbocycles. The number of rotatable bonds is 4. The van der Waals surface area contributed by atoms with Crippen LogP contribution in [-0.2, 0) is 9.53 Å². The number of hydrogen-bond acceptors (Lipinski definition) is 5. The van der Waals surface area contributed by atoms with Crippen LogP contribution in [0.1, 0.15) is 0 Å². The molecule has 0 radical (unpaired) electrons. The van der Waals surface area contributed by atoms with Gasteiger partial charge in [-0.2, -0.15) is 0 Å². The summed E-state index contributed by atoms with van der Waals surface area (Å²) in [5.74, 6) is 0.683. The molecule has 3 atom stereocenters. The lowest BCUT2D eigenvalue weighted by atomic mass is 10.3. The van der Waals surface area contributed by atoms with Gasteiger partial charge in [-0.05, 0) is 36.4 Å². The maximum atomic E-state index is 12.0. The summed E-state index contributed by atoms with van der Waals surface area (Å²) in [7, 11) is 1.64. The van der Waals surface area contributed by atoms with E-state index in [4.69, 9.17) is 9.47 Å². The molecule has 0 N–H and O–H groups in total. The Labute approximate surface area is 133 Å². The van der Waals surface area contributed by atoms with Crippen LogP contribution in [0.3, 0.4) is 0 Å². The number of methoxy groups -OCH3 is 1. The zero-order chi connectivity index (χ0) is 15.1. The topological polar surface area (TPSA) is 38.5 Å². The monoisotopic (exact) mass is 313 g/mol. The highest BCUT2D eigenvalue weighted by molar-refractivity contribution is 7.99. The fourth-order valence-electron chi connectivity index (χ4n) is 2.85. The Morgan fingerprint density at radius 2 is 1.82 bits per heavy atom. The molecule has 4 nitrogen and oxygen atoms in total. The van der Waals surface area contributed by atoms with E-state index < -0.39 is 0 Å². The van der Waals surface area contributed by atoms with Crippen molar-refractivity contribution in [2.45, 2.75) is 22.4 Å². The Bertz CT molecular complexity index is 689. The van der Waals surface area contributed by atoms with Crippen molar-refractivity contribution in [1.29, 1.82) is 0 Å². The number of ether oxygens (including phenoxy) is 2. The molecule has 2 heterocycles. The molecule has 2 aliphatic heterocycles. The minimum atomic E-state index is -0.151. The van der Waals surface area contributed by atoms with E-state index in [1.807, 2.05) is 54.6 Å². The number of carbonyl (C=O) groups excluding carboxylic acids is 1. The minimum Gasteiger partial charge on any atom is -0.497 e. The molecular formula is C17H15NO3S. The van der Waals surface area contributed by atoms with Crippen LogP contribution in [0.4, 0.5) is 5.69 Å². The largest absolute Gasteiger partial charge is 0.497 e. The highest BCUT2D eigenvalue weighted by atomic mass is 32.2. The molecule has 0 aliphatic carbocycles. The van der Waals surface area contributed by atoms with Gasteiger partial charge < -0.3 is 14.4 Å². The number of nitrogens with zero attached hydrogens (tertiary/aromatic N) is 1. The number of benzene rings is 2. The molecule has 0 spiro atoms. The summed E-state index contributed by atoms with van der Waals surface area (Å²) in [6, 6.07) is 17.8. The number of fused-ring (bicyclic) bond motifs is 1. The van der Waals surface area contributed by atoms with E-state index in [0.717, 1.165) is 16.3 Å². The number of carbonyl (C=O) groups is 1. The van der Waals surface area contributed by atoms with E-state index in [1.54, 1.807) is 18.9 Å². The molecule has 5 heteroatoms. The molecule has 0 saturated carbocycles. The van der Waals surface area contributed by atoms with Gasteiger partial charge in [0, 0.05) is 10.6 Å². The fraction of sp³-hybridized carbons (Fsp3) is 0.235. The lowest BCUT2D eigenvalue weighted by Gasteiger charge is -2.17. The third kappa shape index (κ3) is 2.22. The van der Waals surface area contributed by atoms with Crippen LogP contribution in [0.15, 0.2) is 59.5 Å². The van der Waals surface area contributed by atoms with E-state index in [0.29, 0.717) is 0 Å². The fourth-order valence-corrected chi connectivity index (χ4v) is 4.00. The standard InChI is InChI=1S/C17H15NO3S/c1-20-12-9-7-11(8-10-12)18-14-15(18)17(21-16(14)19)22-13-5-3-2-4-6-13/h2-10,14-15,17H,1H3/t14-,15+,17-,18?/m0/s1. The van der Waals surface area contributed by atoms with Crippen molar-refractivity contribution < 1.29 is 14.3 Å². The van der Waals surface area contributed by atoms with Gasteiger partial charge in [-0.25, -0.2) is 4.79 Å². The van der Waals surface area contributed by atoms with Crippen LogP contribution in [0.25, 0.3) is 0 Å². The van der Waals surface area contributed by atoms with Crippen molar-refractivity contribution in [2.75, 3.05) is 12.0 Å². The smallest absolute Gasteiger partial charge is 0.332 e. The lowest BCUT2D eigenvalue weighted by Crippen LogP contribution is -2.21.